The lowest BCUT2D eigenvalue weighted by Gasteiger charge is -2.25. The summed E-state index contributed by atoms with van der Waals surface area (Å²) < 4.78 is 0. The monoisotopic (exact) mass is 216 g/mol. The third-order valence-corrected chi connectivity index (χ3v) is 1.94. The highest BCUT2D eigenvalue weighted by molar-refractivity contribution is 5.82. The van der Waals surface area contributed by atoms with Crippen molar-refractivity contribution in [2.75, 3.05) is 13.1 Å². The van der Waals surface area contributed by atoms with E-state index in [2.05, 4.69) is 10.6 Å². The van der Waals surface area contributed by atoms with E-state index in [4.69, 9.17) is 11.5 Å². The Labute approximate surface area is 89.8 Å². The molecule has 0 rings (SSSR count). The molecule has 6 heteroatoms. The van der Waals surface area contributed by atoms with Crippen LogP contribution in [-0.4, -0.2) is 31.1 Å². The van der Waals surface area contributed by atoms with Crippen LogP contribution in [0.3, 0.4) is 0 Å². The van der Waals surface area contributed by atoms with E-state index in [1.54, 1.807) is 0 Å². The Morgan fingerprint density at radius 2 is 1.67 bits per heavy atom. The first kappa shape index (κ1) is 13.7. The van der Waals surface area contributed by atoms with Gasteiger partial charge in [0.05, 0.1) is 6.04 Å². The summed E-state index contributed by atoms with van der Waals surface area (Å²) in [7, 11) is 0. The van der Waals surface area contributed by atoms with Gasteiger partial charge in [-0.05, 0) is 5.41 Å². The van der Waals surface area contributed by atoms with Gasteiger partial charge in [0.1, 0.15) is 0 Å². The van der Waals surface area contributed by atoms with Crippen molar-refractivity contribution in [3.05, 3.63) is 0 Å². The van der Waals surface area contributed by atoms with Crippen molar-refractivity contribution in [3.63, 3.8) is 0 Å². The summed E-state index contributed by atoms with van der Waals surface area (Å²) in [5.41, 5.74) is 10.3. The van der Waals surface area contributed by atoms with Gasteiger partial charge in [0.25, 0.3) is 0 Å². The molecule has 15 heavy (non-hydrogen) atoms. The molecule has 1 atom stereocenters. The van der Waals surface area contributed by atoms with Gasteiger partial charge in [0.15, 0.2) is 0 Å². The normalized spacial score (nSPS) is 13.1. The van der Waals surface area contributed by atoms with Crippen molar-refractivity contribution in [3.8, 4) is 0 Å². The van der Waals surface area contributed by atoms with Crippen molar-refractivity contribution < 1.29 is 9.59 Å². The van der Waals surface area contributed by atoms with E-state index in [-0.39, 0.29) is 11.3 Å². The number of hydrogen-bond acceptors (Lipinski definition) is 3. The van der Waals surface area contributed by atoms with Gasteiger partial charge < -0.3 is 22.1 Å². The van der Waals surface area contributed by atoms with Gasteiger partial charge in [-0.2, -0.15) is 0 Å². The lowest BCUT2D eigenvalue weighted by atomic mass is 9.87. The fourth-order valence-electron chi connectivity index (χ4n) is 0.875. The minimum Gasteiger partial charge on any atom is -0.353 e. The summed E-state index contributed by atoms with van der Waals surface area (Å²) in [4.78, 5) is 21.8. The van der Waals surface area contributed by atoms with Crippen LogP contribution in [0.2, 0.25) is 0 Å². The Bertz CT molecular complexity index is 235. The molecule has 0 aliphatic rings. The zero-order valence-corrected chi connectivity index (χ0v) is 9.46. The van der Waals surface area contributed by atoms with Crippen LogP contribution in [0.25, 0.3) is 0 Å². The lowest BCUT2D eigenvalue weighted by molar-refractivity contribution is -0.124. The molecule has 0 aliphatic heterocycles. The van der Waals surface area contributed by atoms with Crippen molar-refractivity contribution in [2.24, 2.45) is 16.9 Å². The third-order valence-electron chi connectivity index (χ3n) is 1.94. The van der Waals surface area contributed by atoms with Crippen molar-refractivity contribution in [2.45, 2.75) is 26.8 Å². The van der Waals surface area contributed by atoms with Crippen molar-refractivity contribution in [1.82, 2.24) is 10.6 Å². The zero-order chi connectivity index (χ0) is 12.1. The van der Waals surface area contributed by atoms with Crippen LogP contribution in [0, 0.1) is 5.41 Å². The maximum absolute atomic E-state index is 11.5. The highest BCUT2D eigenvalue weighted by atomic mass is 16.2. The number of rotatable bonds is 4. The molecule has 3 amide bonds. The van der Waals surface area contributed by atoms with E-state index in [9.17, 15) is 9.59 Å². The number of amides is 3. The molecule has 6 N–H and O–H groups in total. The topological polar surface area (TPSA) is 110 Å². The van der Waals surface area contributed by atoms with Gasteiger partial charge in [-0.25, -0.2) is 4.79 Å². The van der Waals surface area contributed by atoms with E-state index >= 15 is 0 Å². The van der Waals surface area contributed by atoms with Crippen molar-refractivity contribution >= 4 is 11.9 Å². The Balaban J connectivity index is 3.80. The predicted molar refractivity (Wildman–Crippen MR) is 58.0 cm³/mol. The standard InChI is InChI=1S/C9H20N4O2/c1-9(2,3)6(10)7(14)12-4-5-13-8(11)15/h6H,4-5,10H2,1-3H3,(H,12,14)(H3,11,13,15)/t6-/m1/s1. The molecule has 0 aromatic carbocycles. The predicted octanol–water partition coefficient (Wildman–Crippen LogP) is -0.856. The summed E-state index contributed by atoms with van der Waals surface area (Å²) in [5, 5.41) is 4.97. The van der Waals surface area contributed by atoms with Crippen LogP contribution in [0.1, 0.15) is 20.8 Å². The molecular weight excluding hydrogens is 196 g/mol. The summed E-state index contributed by atoms with van der Waals surface area (Å²) >= 11 is 0. The first-order valence-corrected chi connectivity index (χ1v) is 4.81. The Morgan fingerprint density at radius 1 is 1.20 bits per heavy atom. The molecule has 0 radical (unpaired) electrons. The number of carbonyl (C=O) groups is 2. The van der Waals surface area contributed by atoms with Crippen LogP contribution in [-0.2, 0) is 4.79 Å². The molecule has 0 bridgehead atoms. The van der Waals surface area contributed by atoms with E-state index in [0.29, 0.717) is 13.1 Å². The molecule has 0 heterocycles. The Morgan fingerprint density at radius 3 is 2.07 bits per heavy atom. The molecule has 0 fully saturated rings. The van der Waals surface area contributed by atoms with Gasteiger partial charge in [0, 0.05) is 13.1 Å². The maximum Gasteiger partial charge on any atom is 0.312 e. The van der Waals surface area contributed by atoms with E-state index in [1.165, 1.54) is 0 Å². The average Bonchev–Trinajstić information content (AvgIpc) is 2.09. The first-order chi connectivity index (χ1) is 6.75. The Kier molecular flexibility index (Phi) is 5.07. The fraction of sp³-hybridized carbons (Fsp3) is 0.778. The van der Waals surface area contributed by atoms with Crippen LogP contribution in [0.4, 0.5) is 4.79 Å². The second-order valence-corrected chi connectivity index (χ2v) is 4.43. The Hall–Kier alpha value is -1.30. The summed E-state index contributed by atoms with van der Waals surface area (Å²) in [5.74, 6) is -0.228. The number of nitrogens with two attached hydrogens (primary N) is 2. The summed E-state index contributed by atoms with van der Waals surface area (Å²) in [6.45, 7) is 6.29. The van der Waals surface area contributed by atoms with Crippen molar-refractivity contribution in [1.29, 1.82) is 0 Å². The summed E-state index contributed by atoms with van der Waals surface area (Å²) in [6, 6.07) is -1.17. The number of urea groups is 1. The summed E-state index contributed by atoms with van der Waals surface area (Å²) in [6.07, 6.45) is 0. The number of carbonyl (C=O) groups excluding carboxylic acids is 2. The molecule has 0 aromatic heterocycles. The molecule has 0 aromatic rings. The largest absolute Gasteiger partial charge is 0.353 e. The number of nitrogens with one attached hydrogen (secondary N) is 2. The van der Waals surface area contributed by atoms with E-state index in [0.717, 1.165) is 0 Å². The van der Waals surface area contributed by atoms with Gasteiger partial charge >= 0.3 is 6.03 Å². The smallest absolute Gasteiger partial charge is 0.312 e. The van der Waals surface area contributed by atoms with Gasteiger partial charge in [-0.1, -0.05) is 20.8 Å². The van der Waals surface area contributed by atoms with Gasteiger partial charge in [-0.3, -0.25) is 4.79 Å². The molecule has 0 spiro atoms. The van der Waals surface area contributed by atoms with Crippen LogP contribution < -0.4 is 22.1 Å². The number of primary amides is 1. The average molecular weight is 216 g/mol. The molecule has 0 unspecified atom stereocenters. The molecule has 0 saturated carbocycles. The number of hydrogen-bond donors (Lipinski definition) is 4. The van der Waals surface area contributed by atoms with Crippen LogP contribution >= 0.6 is 0 Å². The molecule has 6 nitrogen and oxygen atoms in total. The molecule has 0 aliphatic carbocycles. The minimum absolute atomic E-state index is 0.228. The van der Waals surface area contributed by atoms with Gasteiger partial charge in [0.2, 0.25) is 5.91 Å². The first-order valence-electron chi connectivity index (χ1n) is 4.81. The quantitative estimate of drug-likeness (QED) is 0.459. The third kappa shape index (κ3) is 5.90. The highest BCUT2D eigenvalue weighted by Gasteiger charge is 2.26. The van der Waals surface area contributed by atoms with Crippen LogP contribution in [0.5, 0.6) is 0 Å². The highest BCUT2D eigenvalue weighted by Crippen LogP contribution is 2.16. The molecule has 88 valence electrons. The maximum atomic E-state index is 11.5. The second-order valence-electron chi connectivity index (χ2n) is 4.43. The molecule has 0 saturated heterocycles. The SMILES string of the molecule is CC(C)(C)[C@H](N)C(=O)NCCNC(N)=O. The fourth-order valence-corrected chi connectivity index (χ4v) is 0.875. The van der Waals surface area contributed by atoms with Crippen LogP contribution in [0.15, 0.2) is 0 Å². The second kappa shape index (κ2) is 5.55. The van der Waals surface area contributed by atoms with E-state index < -0.39 is 12.1 Å². The minimum atomic E-state index is -0.607. The van der Waals surface area contributed by atoms with Gasteiger partial charge in [-0.15, -0.1) is 0 Å². The zero-order valence-electron chi connectivity index (χ0n) is 9.46. The lowest BCUT2D eigenvalue weighted by Crippen LogP contribution is -2.50. The molecular formula is C9H20N4O2. The van der Waals surface area contributed by atoms with E-state index in [1.807, 2.05) is 20.8 Å².